The van der Waals surface area contributed by atoms with Crippen molar-refractivity contribution in [2.75, 3.05) is 26.2 Å². The first-order valence-corrected chi connectivity index (χ1v) is 12.7. The number of rotatable bonds is 5. The van der Waals surface area contributed by atoms with Gasteiger partial charge in [-0.1, -0.05) is 24.6 Å². The summed E-state index contributed by atoms with van der Waals surface area (Å²) in [5.74, 6) is 0.533. The Kier molecular flexibility index (Phi) is 6.56. The number of likely N-dealkylation sites (tertiary alicyclic amines) is 1. The maximum Gasteiger partial charge on any atom is 0.243 e. The number of hydrogen-bond donors (Lipinski definition) is 0. The van der Waals surface area contributed by atoms with Crippen LogP contribution in [0.25, 0.3) is 11.1 Å². The molecule has 2 fully saturated rings. The number of piperidine rings is 2. The molecule has 0 unspecified atom stereocenters. The maximum atomic E-state index is 12.8. The van der Waals surface area contributed by atoms with Crippen LogP contribution < -0.4 is 0 Å². The normalized spacial score (nSPS) is 20.0. The number of benzene rings is 1. The van der Waals surface area contributed by atoms with Crippen molar-refractivity contribution in [3.63, 3.8) is 0 Å². The van der Waals surface area contributed by atoms with E-state index in [4.69, 9.17) is 4.98 Å². The average molecular weight is 428 g/mol. The van der Waals surface area contributed by atoms with Crippen molar-refractivity contribution in [2.45, 2.75) is 62.8 Å². The van der Waals surface area contributed by atoms with Crippen LogP contribution in [0.4, 0.5) is 0 Å². The van der Waals surface area contributed by atoms with Gasteiger partial charge in [-0.15, -0.1) is 0 Å². The van der Waals surface area contributed by atoms with Crippen molar-refractivity contribution in [3.05, 3.63) is 48.3 Å². The molecule has 2 aromatic rings. The minimum absolute atomic E-state index is 0.384. The molecule has 2 saturated heterocycles. The van der Waals surface area contributed by atoms with E-state index in [2.05, 4.69) is 30.9 Å². The minimum atomic E-state index is -3.38. The van der Waals surface area contributed by atoms with Crippen molar-refractivity contribution < 1.29 is 8.42 Å². The molecule has 30 heavy (non-hydrogen) atoms. The van der Waals surface area contributed by atoms with Gasteiger partial charge in [0.1, 0.15) is 0 Å². The maximum absolute atomic E-state index is 12.8. The number of nitrogens with zero attached hydrogens (tertiary/aromatic N) is 3. The Bertz CT molecular complexity index is 925. The van der Waals surface area contributed by atoms with Gasteiger partial charge in [-0.2, -0.15) is 4.31 Å². The van der Waals surface area contributed by atoms with Crippen LogP contribution in [0.3, 0.4) is 0 Å². The summed E-state index contributed by atoms with van der Waals surface area (Å²) in [6.45, 7) is 8.06. The highest BCUT2D eigenvalue weighted by Gasteiger charge is 2.26. The number of sulfonamides is 1. The SMILES string of the molecule is CC(C)N1CCC(c2ccc(-c3ccc(S(=O)(=O)N4CCCCC4)cc3)cn2)CC1. The van der Waals surface area contributed by atoms with E-state index in [1.165, 1.54) is 5.69 Å². The third kappa shape index (κ3) is 4.61. The summed E-state index contributed by atoms with van der Waals surface area (Å²) < 4.78 is 27.3. The molecular formula is C24H33N3O2S. The van der Waals surface area contributed by atoms with E-state index in [-0.39, 0.29) is 0 Å². The molecule has 162 valence electrons. The number of pyridine rings is 1. The lowest BCUT2D eigenvalue weighted by atomic mass is 9.92. The van der Waals surface area contributed by atoms with Crippen molar-refractivity contribution in [1.29, 1.82) is 0 Å². The lowest BCUT2D eigenvalue weighted by molar-refractivity contribution is 0.171. The summed E-state index contributed by atoms with van der Waals surface area (Å²) in [6, 6.07) is 12.1. The molecule has 1 aromatic carbocycles. The second-order valence-corrected chi connectivity index (χ2v) is 10.8. The highest BCUT2D eigenvalue weighted by Crippen LogP contribution is 2.29. The summed E-state index contributed by atoms with van der Waals surface area (Å²) in [5.41, 5.74) is 3.20. The molecule has 2 aliphatic rings. The molecule has 3 heterocycles. The second-order valence-electron chi connectivity index (χ2n) is 8.86. The van der Waals surface area contributed by atoms with Crippen LogP contribution in [0.5, 0.6) is 0 Å². The number of aromatic nitrogens is 1. The molecule has 0 bridgehead atoms. The fourth-order valence-electron chi connectivity index (χ4n) is 4.60. The van der Waals surface area contributed by atoms with Crippen LogP contribution in [0, 0.1) is 0 Å². The topological polar surface area (TPSA) is 53.5 Å². The highest BCUT2D eigenvalue weighted by atomic mass is 32.2. The van der Waals surface area contributed by atoms with E-state index < -0.39 is 10.0 Å². The lowest BCUT2D eigenvalue weighted by Gasteiger charge is -2.34. The first-order valence-electron chi connectivity index (χ1n) is 11.3. The van der Waals surface area contributed by atoms with Crippen molar-refractivity contribution in [3.8, 4) is 11.1 Å². The van der Waals surface area contributed by atoms with Gasteiger partial charge in [0.05, 0.1) is 4.90 Å². The van der Waals surface area contributed by atoms with Crippen LogP contribution in [-0.2, 0) is 10.0 Å². The Hall–Kier alpha value is -1.76. The van der Waals surface area contributed by atoms with E-state index in [1.54, 1.807) is 16.4 Å². The summed E-state index contributed by atoms with van der Waals surface area (Å²) in [7, 11) is -3.38. The lowest BCUT2D eigenvalue weighted by Crippen LogP contribution is -2.37. The predicted octanol–water partition coefficient (Wildman–Crippen LogP) is 4.51. The molecule has 0 radical (unpaired) electrons. The molecule has 5 nitrogen and oxygen atoms in total. The van der Waals surface area contributed by atoms with Crippen LogP contribution in [0.15, 0.2) is 47.5 Å². The Morgan fingerprint density at radius 2 is 1.50 bits per heavy atom. The molecule has 2 aliphatic heterocycles. The first kappa shape index (κ1) is 21.5. The molecule has 0 aliphatic carbocycles. The van der Waals surface area contributed by atoms with Gasteiger partial charge >= 0.3 is 0 Å². The first-order chi connectivity index (χ1) is 14.4. The zero-order chi connectivity index (χ0) is 21.1. The fraction of sp³-hybridized carbons (Fsp3) is 0.542. The van der Waals surface area contributed by atoms with Gasteiger partial charge in [-0.25, -0.2) is 8.42 Å². The van der Waals surface area contributed by atoms with Crippen molar-refractivity contribution in [1.82, 2.24) is 14.2 Å². The Morgan fingerprint density at radius 3 is 2.07 bits per heavy atom. The molecule has 0 spiro atoms. The summed E-state index contributed by atoms with van der Waals surface area (Å²) in [6.07, 6.45) is 7.27. The van der Waals surface area contributed by atoms with Crippen LogP contribution in [-0.4, -0.2) is 54.8 Å². The van der Waals surface area contributed by atoms with Crippen LogP contribution >= 0.6 is 0 Å². The van der Waals surface area contributed by atoms with Gasteiger partial charge < -0.3 is 4.90 Å². The van der Waals surface area contributed by atoms with E-state index in [9.17, 15) is 8.42 Å². The number of hydrogen-bond acceptors (Lipinski definition) is 4. The monoisotopic (exact) mass is 427 g/mol. The van der Waals surface area contributed by atoms with Gasteiger partial charge in [-0.3, -0.25) is 4.98 Å². The molecule has 1 aromatic heterocycles. The van der Waals surface area contributed by atoms with E-state index in [0.29, 0.717) is 29.9 Å². The smallest absolute Gasteiger partial charge is 0.243 e. The Balaban J connectivity index is 1.43. The Labute approximate surface area is 181 Å². The summed E-state index contributed by atoms with van der Waals surface area (Å²) >= 11 is 0. The van der Waals surface area contributed by atoms with Gasteiger partial charge in [0, 0.05) is 42.5 Å². The Morgan fingerprint density at radius 1 is 0.867 bits per heavy atom. The standard InChI is InChI=1S/C24H33N3O2S/c1-19(2)26-16-12-21(13-17-26)24-11-8-22(18-25-24)20-6-9-23(10-7-20)30(28,29)27-14-4-3-5-15-27/h6-11,18-19,21H,3-5,12-17H2,1-2H3. The average Bonchev–Trinajstić information content (AvgIpc) is 2.80. The molecule has 6 heteroatoms. The quantitative estimate of drug-likeness (QED) is 0.704. The zero-order valence-electron chi connectivity index (χ0n) is 18.1. The minimum Gasteiger partial charge on any atom is -0.301 e. The van der Waals surface area contributed by atoms with E-state index >= 15 is 0 Å². The van der Waals surface area contributed by atoms with Gasteiger partial charge in [0.25, 0.3) is 0 Å². The summed E-state index contributed by atoms with van der Waals surface area (Å²) in [5, 5.41) is 0. The van der Waals surface area contributed by atoms with Crippen LogP contribution in [0.2, 0.25) is 0 Å². The molecule has 4 rings (SSSR count). The predicted molar refractivity (Wildman–Crippen MR) is 121 cm³/mol. The van der Waals surface area contributed by atoms with E-state index in [0.717, 1.165) is 56.3 Å². The fourth-order valence-corrected chi connectivity index (χ4v) is 6.12. The third-order valence-electron chi connectivity index (χ3n) is 6.60. The van der Waals surface area contributed by atoms with Crippen molar-refractivity contribution >= 4 is 10.0 Å². The largest absolute Gasteiger partial charge is 0.301 e. The van der Waals surface area contributed by atoms with Gasteiger partial charge in [0.2, 0.25) is 10.0 Å². The van der Waals surface area contributed by atoms with Gasteiger partial charge in [-0.05, 0) is 76.4 Å². The molecule has 0 amide bonds. The molecule has 0 atom stereocenters. The summed E-state index contributed by atoms with van der Waals surface area (Å²) in [4.78, 5) is 7.66. The second kappa shape index (κ2) is 9.16. The molecule has 0 saturated carbocycles. The molecule has 0 N–H and O–H groups in total. The zero-order valence-corrected chi connectivity index (χ0v) is 18.9. The highest BCUT2D eigenvalue weighted by molar-refractivity contribution is 7.89. The van der Waals surface area contributed by atoms with E-state index in [1.807, 2.05) is 18.3 Å². The van der Waals surface area contributed by atoms with Crippen molar-refractivity contribution in [2.24, 2.45) is 0 Å². The molecular weight excluding hydrogens is 394 g/mol. The van der Waals surface area contributed by atoms with Crippen LogP contribution in [0.1, 0.15) is 57.6 Å². The van der Waals surface area contributed by atoms with Gasteiger partial charge in [0.15, 0.2) is 0 Å². The third-order valence-corrected chi connectivity index (χ3v) is 8.52.